The minimum atomic E-state index is -5.08. The number of carbonyl (C=O) groups excluding carboxylic acids is 2. The van der Waals surface area contributed by atoms with Crippen LogP contribution in [0.1, 0.15) is 29.6 Å². The van der Waals surface area contributed by atoms with Gasteiger partial charge in [0.25, 0.3) is 5.91 Å². The van der Waals surface area contributed by atoms with Crippen molar-refractivity contribution >= 4 is 44.7 Å². The number of carboxylic acid groups (broad SMARTS) is 1. The molecule has 0 bridgehead atoms. The maximum absolute atomic E-state index is 12.5. The Kier molecular flexibility index (Phi) is 7.13. The smallest absolute Gasteiger partial charge is 0.475 e. The van der Waals surface area contributed by atoms with Gasteiger partial charge in [0.15, 0.2) is 0 Å². The summed E-state index contributed by atoms with van der Waals surface area (Å²) in [7, 11) is 0. The summed E-state index contributed by atoms with van der Waals surface area (Å²) in [5.41, 5.74) is 0.778. The van der Waals surface area contributed by atoms with Crippen LogP contribution >= 0.6 is 15.9 Å². The van der Waals surface area contributed by atoms with Gasteiger partial charge in [0.2, 0.25) is 0 Å². The molecule has 1 aromatic carbocycles. The first-order chi connectivity index (χ1) is 15.0. The predicted octanol–water partition coefficient (Wildman–Crippen LogP) is 3.24. The molecule has 1 atom stereocenters. The molecule has 0 aliphatic carbocycles. The molecule has 2 aliphatic rings. The lowest BCUT2D eigenvalue weighted by Gasteiger charge is -2.29. The molecule has 0 saturated carbocycles. The van der Waals surface area contributed by atoms with E-state index < -0.39 is 12.1 Å². The van der Waals surface area contributed by atoms with Crippen LogP contribution in [-0.2, 0) is 14.3 Å². The molecule has 12 heteroatoms. The first-order valence-corrected chi connectivity index (χ1v) is 10.5. The molecule has 3 heterocycles. The van der Waals surface area contributed by atoms with Gasteiger partial charge in [-0.25, -0.2) is 4.79 Å². The summed E-state index contributed by atoms with van der Waals surface area (Å²) in [6.07, 6.45) is -1.61. The minimum Gasteiger partial charge on any atom is -0.475 e. The van der Waals surface area contributed by atoms with Crippen LogP contribution in [0.25, 0.3) is 11.0 Å². The average Bonchev–Trinajstić information content (AvgIpc) is 3.27. The third-order valence-electron chi connectivity index (χ3n) is 5.40. The van der Waals surface area contributed by atoms with Gasteiger partial charge in [0.1, 0.15) is 18.0 Å². The number of carboxylic acids is 1. The Morgan fingerprint density at radius 3 is 2.56 bits per heavy atom. The Morgan fingerprint density at radius 2 is 1.94 bits per heavy atom. The van der Waals surface area contributed by atoms with Crippen LogP contribution in [0.3, 0.4) is 0 Å². The molecule has 1 aromatic heterocycles. The molecule has 1 amide bonds. The first-order valence-electron chi connectivity index (χ1n) is 9.69. The number of benzene rings is 1. The molecule has 0 radical (unpaired) electrons. The van der Waals surface area contributed by atoms with Crippen molar-refractivity contribution in [2.45, 2.75) is 31.5 Å². The second-order valence-corrected chi connectivity index (χ2v) is 8.48. The van der Waals surface area contributed by atoms with Gasteiger partial charge in [-0.3, -0.25) is 9.59 Å². The third kappa shape index (κ3) is 5.41. The van der Waals surface area contributed by atoms with E-state index in [1.807, 2.05) is 18.2 Å². The van der Waals surface area contributed by atoms with Crippen molar-refractivity contribution in [2.24, 2.45) is 5.41 Å². The molecule has 2 aromatic rings. The van der Waals surface area contributed by atoms with Crippen molar-refractivity contribution in [2.75, 3.05) is 19.6 Å². The van der Waals surface area contributed by atoms with E-state index in [-0.39, 0.29) is 23.4 Å². The second kappa shape index (κ2) is 9.49. The molecule has 2 aliphatic heterocycles. The molecule has 1 unspecified atom stereocenters. The zero-order valence-electron chi connectivity index (χ0n) is 16.6. The summed E-state index contributed by atoms with van der Waals surface area (Å²) in [5.74, 6) is -3.10. The SMILES string of the molecule is O=C(NCC1CC2(CCNCC2)C(=O)O1)c1coc2ccc(Br)cc12.O=C(O)C(F)(F)F. The lowest BCUT2D eigenvalue weighted by atomic mass is 9.76. The quantitative estimate of drug-likeness (QED) is 0.531. The third-order valence-corrected chi connectivity index (χ3v) is 5.89. The maximum Gasteiger partial charge on any atom is 0.490 e. The summed E-state index contributed by atoms with van der Waals surface area (Å²) in [4.78, 5) is 33.7. The number of piperidine rings is 1. The van der Waals surface area contributed by atoms with E-state index in [9.17, 15) is 22.8 Å². The number of rotatable bonds is 3. The summed E-state index contributed by atoms with van der Waals surface area (Å²) in [6.45, 7) is 1.99. The van der Waals surface area contributed by atoms with Crippen molar-refractivity contribution in [3.63, 3.8) is 0 Å². The minimum absolute atomic E-state index is 0.119. The molecule has 8 nitrogen and oxygen atoms in total. The number of hydrogen-bond donors (Lipinski definition) is 3. The highest BCUT2D eigenvalue weighted by Crippen LogP contribution is 2.41. The van der Waals surface area contributed by atoms with Gasteiger partial charge in [-0.05, 0) is 44.1 Å². The molecule has 3 N–H and O–H groups in total. The number of ether oxygens (including phenoxy) is 1. The molecule has 4 rings (SSSR count). The van der Waals surface area contributed by atoms with E-state index in [4.69, 9.17) is 19.1 Å². The highest BCUT2D eigenvalue weighted by molar-refractivity contribution is 9.10. The number of amides is 1. The maximum atomic E-state index is 12.5. The summed E-state index contributed by atoms with van der Waals surface area (Å²) >= 11 is 3.40. The number of halogens is 4. The van der Waals surface area contributed by atoms with Crippen molar-refractivity contribution in [3.05, 3.63) is 34.5 Å². The highest BCUT2D eigenvalue weighted by atomic mass is 79.9. The van der Waals surface area contributed by atoms with Crippen LogP contribution in [0.15, 0.2) is 33.4 Å². The lowest BCUT2D eigenvalue weighted by Crippen LogP contribution is -2.39. The van der Waals surface area contributed by atoms with E-state index in [0.717, 1.165) is 35.8 Å². The van der Waals surface area contributed by atoms with Gasteiger partial charge in [-0.2, -0.15) is 13.2 Å². The van der Waals surface area contributed by atoms with Crippen LogP contribution in [0.5, 0.6) is 0 Å². The first kappa shape index (κ1) is 24.1. The van der Waals surface area contributed by atoms with Crippen molar-refractivity contribution in [1.29, 1.82) is 0 Å². The highest BCUT2D eigenvalue weighted by Gasteiger charge is 2.49. The number of aliphatic carboxylic acids is 1. The van der Waals surface area contributed by atoms with E-state index in [1.54, 1.807) is 0 Å². The zero-order valence-corrected chi connectivity index (χ0v) is 18.2. The van der Waals surface area contributed by atoms with Gasteiger partial charge >= 0.3 is 18.1 Å². The van der Waals surface area contributed by atoms with E-state index >= 15 is 0 Å². The molecular formula is C20H20BrF3N2O6. The number of fused-ring (bicyclic) bond motifs is 1. The van der Waals surface area contributed by atoms with Gasteiger partial charge < -0.3 is 24.9 Å². The van der Waals surface area contributed by atoms with Crippen LogP contribution in [0, 0.1) is 5.41 Å². The second-order valence-electron chi connectivity index (χ2n) is 7.56. The number of cyclic esters (lactones) is 1. The van der Waals surface area contributed by atoms with Crippen molar-refractivity contribution < 1.29 is 41.8 Å². The number of hydrogen-bond acceptors (Lipinski definition) is 6. The molecule has 1 spiro atoms. The van der Waals surface area contributed by atoms with E-state index in [0.29, 0.717) is 24.1 Å². The van der Waals surface area contributed by atoms with Gasteiger partial charge in [0, 0.05) is 16.3 Å². The summed E-state index contributed by atoms with van der Waals surface area (Å²) < 4.78 is 43.6. The molecule has 174 valence electrons. The van der Waals surface area contributed by atoms with E-state index in [2.05, 4.69) is 26.6 Å². The Labute approximate surface area is 188 Å². The average molecular weight is 521 g/mol. The van der Waals surface area contributed by atoms with Crippen molar-refractivity contribution in [1.82, 2.24) is 10.6 Å². The summed E-state index contributed by atoms with van der Waals surface area (Å²) in [6, 6.07) is 5.53. The molecular weight excluding hydrogens is 501 g/mol. The fourth-order valence-electron chi connectivity index (χ4n) is 3.74. The number of carbonyl (C=O) groups is 3. The van der Waals surface area contributed by atoms with Crippen LogP contribution < -0.4 is 10.6 Å². The Balaban J connectivity index is 0.000000360. The Bertz CT molecular complexity index is 1020. The van der Waals surface area contributed by atoms with Crippen LogP contribution in [0.2, 0.25) is 0 Å². The van der Waals surface area contributed by atoms with Gasteiger partial charge in [0.05, 0.1) is 17.5 Å². The topological polar surface area (TPSA) is 118 Å². The number of nitrogens with one attached hydrogen (secondary N) is 2. The molecule has 2 fully saturated rings. The Hall–Kier alpha value is -2.60. The van der Waals surface area contributed by atoms with Gasteiger partial charge in [-0.1, -0.05) is 15.9 Å². The fraction of sp³-hybridized carbons (Fsp3) is 0.450. The normalized spacial score (nSPS) is 19.9. The van der Waals surface area contributed by atoms with E-state index in [1.165, 1.54) is 6.26 Å². The summed E-state index contributed by atoms with van der Waals surface area (Å²) in [5, 5.41) is 14.0. The number of furan rings is 1. The monoisotopic (exact) mass is 520 g/mol. The van der Waals surface area contributed by atoms with Gasteiger partial charge in [-0.15, -0.1) is 0 Å². The fourth-order valence-corrected chi connectivity index (χ4v) is 4.10. The lowest BCUT2D eigenvalue weighted by molar-refractivity contribution is -0.192. The van der Waals surface area contributed by atoms with Crippen LogP contribution in [-0.4, -0.2) is 54.9 Å². The van der Waals surface area contributed by atoms with Crippen LogP contribution in [0.4, 0.5) is 13.2 Å². The predicted molar refractivity (Wildman–Crippen MR) is 109 cm³/mol. The number of esters is 1. The molecule has 2 saturated heterocycles. The van der Waals surface area contributed by atoms with Crippen molar-refractivity contribution in [3.8, 4) is 0 Å². The molecule has 32 heavy (non-hydrogen) atoms. The largest absolute Gasteiger partial charge is 0.490 e. The Morgan fingerprint density at radius 1 is 1.28 bits per heavy atom. The number of alkyl halides is 3. The zero-order chi connectivity index (χ0) is 23.5. The standard InChI is InChI=1S/C18H19BrN2O4.C2HF3O2/c19-11-1-2-15-13(7-11)14(10-24-15)16(22)21-9-12-8-18(17(23)25-12)3-5-20-6-4-18;3-2(4,5)1(6)7/h1-2,7,10,12,20H,3-6,8-9H2,(H,21,22);(H,6,7).